The second-order valence-electron chi connectivity index (χ2n) is 6.92. The Balaban J connectivity index is 1.95. The molecule has 152 valence electrons. The molecule has 4 rings (SSSR count). The topological polar surface area (TPSA) is 39.1 Å². The number of aromatic nitrogens is 2. The molecule has 3 aromatic rings. The highest BCUT2D eigenvalue weighted by Crippen LogP contribution is 2.41. The first-order chi connectivity index (χ1) is 14.0. The Morgan fingerprint density at radius 3 is 2.62 bits per heavy atom. The van der Waals surface area contributed by atoms with Crippen LogP contribution in [0.5, 0.6) is 5.75 Å². The lowest BCUT2D eigenvalue weighted by Gasteiger charge is -2.13. The first-order valence-electron chi connectivity index (χ1n) is 9.75. The predicted octanol–water partition coefficient (Wildman–Crippen LogP) is 5.71. The van der Waals surface area contributed by atoms with Crippen molar-refractivity contribution >= 4 is 5.82 Å². The molecule has 0 bridgehead atoms. The van der Waals surface area contributed by atoms with Crippen molar-refractivity contribution in [3.05, 3.63) is 59.7 Å². The van der Waals surface area contributed by atoms with Crippen molar-refractivity contribution in [2.45, 2.75) is 32.4 Å². The van der Waals surface area contributed by atoms with Crippen LogP contribution in [0.25, 0.3) is 16.9 Å². The summed E-state index contributed by atoms with van der Waals surface area (Å²) in [5.74, 6) is 1.38. The summed E-state index contributed by atoms with van der Waals surface area (Å²) < 4.78 is 48.4. The molecule has 0 aliphatic carbocycles. The zero-order chi connectivity index (χ0) is 20.4. The monoisotopic (exact) mass is 401 g/mol. The van der Waals surface area contributed by atoms with Crippen molar-refractivity contribution in [1.29, 1.82) is 0 Å². The number of halogens is 3. The fourth-order valence-electron chi connectivity index (χ4n) is 3.74. The van der Waals surface area contributed by atoms with Gasteiger partial charge in [-0.15, -0.1) is 0 Å². The highest BCUT2D eigenvalue weighted by Gasteiger charge is 2.35. The fourth-order valence-corrected chi connectivity index (χ4v) is 3.74. The van der Waals surface area contributed by atoms with E-state index < -0.39 is 11.7 Å². The molecule has 1 aromatic heterocycles. The van der Waals surface area contributed by atoms with Crippen molar-refractivity contribution in [2.24, 2.45) is 0 Å². The summed E-state index contributed by atoms with van der Waals surface area (Å²) in [6.07, 6.45) is -1.95. The Bertz CT molecular complexity index is 1010. The molecule has 2 aromatic carbocycles. The van der Waals surface area contributed by atoms with Gasteiger partial charge in [0.05, 0.1) is 17.9 Å². The molecule has 2 heterocycles. The van der Waals surface area contributed by atoms with E-state index in [9.17, 15) is 13.2 Å². The number of ether oxygens (including phenoxy) is 1. The highest BCUT2D eigenvalue weighted by molar-refractivity contribution is 5.74. The van der Waals surface area contributed by atoms with E-state index in [1.165, 1.54) is 12.1 Å². The summed E-state index contributed by atoms with van der Waals surface area (Å²) in [4.78, 5) is 0. The lowest BCUT2D eigenvalue weighted by atomic mass is 9.99. The largest absolute Gasteiger partial charge is 0.492 e. The molecular formula is C22H22F3N3O. The number of hydrogen-bond donors (Lipinski definition) is 1. The number of nitrogens with zero attached hydrogens (tertiary/aromatic N) is 2. The van der Waals surface area contributed by atoms with Gasteiger partial charge in [0.25, 0.3) is 0 Å². The van der Waals surface area contributed by atoms with Gasteiger partial charge in [-0.1, -0.05) is 30.3 Å². The van der Waals surface area contributed by atoms with Crippen LogP contribution in [0, 0.1) is 0 Å². The van der Waals surface area contributed by atoms with E-state index in [0.717, 1.165) is 36.8 Å². The van der Waals surface area contributed by atoms with Crippen molar-refractivity contribution in [1.82, 2.24) is 9.78 Å². The van der Waals surface area contributed by atoms with Gasteiger partial charge in [0, 0.05) is 17.7 Å². The SMILES string of the molecule is CCOc1ccccc1-n1nc(-c2ccccc2C(F)(F)F)c2c1NCCCC2. The molecule has 1 N–H and O–H groups in total. The summed E-state index contributed by atoms with van der Waals surface area (Å²) in [7, 11) is 0. The van der Waals surface area contributed by atoms with E-state index in [1.54, 1.807) is 10.7 Å². The number of nitrogens with one attached hydrogen (secondary N) is 1. The highest BCUT2D eigenvalue weighted by atomic mass is 19.4. The average Bonchev–Trinajstić information content (AvgIpc) is 2.89. The van der Waals surface area contributed by atoms with Crippen LogP contribution in [0.2, 0.25) is 0 Å². The number of anilines is 1. The van der Waals surface area contributed by atoms with Crippen LogP contribution in [0.1, 0.15) is 30.9 Å². The Hall–Kier alpha value is -2.96. The molecule has 0 radical (unpaired) electrons. The first-order valence-corrected chi connectivity index (χ1v) is 9.75. The molecule has 0 fully saturated rings. The predicted molar refractivity (Wildman–Crippen MR) is 107 cm³/mol. The molecule has 4 nitrogen and oxygen atoms in total. The summed E-state index contributed by atoms with van der Waals surface area (Å²) >= 11 is 0. The normalized spacial score (nSPS) is 14.1. The summed E-state index contributed by atoms with van der Waals surface area (Å²) in [5, 5.41) is 8.04. The number of fused-ring (bicyclic) bond motifs is 1. The maximum absolute atomic E-state index is 13.7. The van der Waals surface area contributed by atoms with Gasteiger partial charge in [0.15, 0.2) is 0 Å². The van der Waals surface area contributed by atoms with Crippen LogP contribution >= 0.6 is 0 Å². The maximum Gasteiger partial charge on any atom is 0.417 e. The Labute approximate surface area is 167 Å². The smallest absolute Gasteiger partial charge is 0.417 e. The van der Waals surface area contributed by atoms with Gasteiger partial charge in [0.1, 0.15) is 17.3 Å². The molecule has 0 atom stereocenters. The zero-order valence-electron chi connectivity index (χ0n) is 16.1. The minimum absolute atomic E-state index is 0.104. The van der Waals surface area contributed by atoms with Crippen LogP contribution in [0.4, 0.5) is 19.0 Å². The van der Waals surface area contributed by atoms with Gasteiger partial charge in [0.2, 0.25) is 0 Å². The second kappa shape index (κ2) is 7.81. The Morgan fingerprint density at radius 2 is 1.83 bits per heavy atom. The quantitative estimate of drug-likeness (QED) is 0.609. The van der Waals surface area contributed by atoms with Gasteiger partial charge in [-0.25, -0.2) is 4.68 Å². The standard InChI is InChI=1S/C22H22F3N3O/c1-2-29-19-13-6-5-12-18(19)28-21-16(10-7-8-14-26-21)20(27-28)15-9-3-4-11-17(15)22(23,24)25/h3-6,9,11-13,26H,2,7-8,10,14H2,1H3. The summed E-state index contributed by atoms with van der Waals surface area (Å²) in [6, 6.07) is 13.1. The van der Waals surface area contributed by atoms with Crippen LogP contribution in [0.3, 0.4) is 0 Å². The van der Waals surface area contributed by atoms with Crippen LogP contribution < -0.4 is 10.1 Å². The second-order valence-corrected chi connectivity index (χ2v) is 6.92. The summed E-state index contributed by atoms with van der Waals surface area (Å²) in [6.45, 7) is 3.12. The van der Waals surface area contributed by atoms with E-state index in [-0.39, 0.29) is 5.56 Å². The lowest BCUT2D eigenvalue weighted by Crippen LogP contribution is -2.09. The average molecular weight is 401 g/mol. The van der Waals surface area contributed by atoms with Crippen molar-refractivity contribution in [2.75, 3.05) is 18.5 Å². The van der Waals surface area contributed by atoms with Gasteiger partial charge in [-0.2, -0.15) is 18.3 Å². The molecule has 0 saturated carbocycles. The number of para-hydroxylation sites is 2. The molecule has 1 aliphatic heterocycles. The number of benzene rings is 2. The minimum Gasteiger partial charge on any atom is -0.492 e. The third kappa shape index (κ3) is 3.69. The lowest BCUT2D eigenvalue weighted by molar-refractivity contribution is -0.137. The Morgan fingerprint density at radius 1 is 1.07 bits per heavy atom. The van der Waals surface area contributed by atoms with E-state index in [0.29, 0.717) is 30.2 Å². The van der Waals surface area contributed by atoms with Gasteiger partial charge in [-0.05, 0) is 44.4 Å². The number of alkyl halides is 3. The van der Waals surface area contributed by atoms with Crippen molar-refractivity contribution in [3.63, 3.8) is 0 Å². The van der Waals surface area contributed by atoms with Gasteiger partial charge >= 0.3 is 6.18 Å². The molecule has 29 heavy (non-hydrogen) atoms. The van der Waals surface area contributed by atoms with E-state index in [1.807, 2.05) is 31.2 Å². The number of hydrogen-bond acceptors (Lipinski definition) is 3. The third-order valence-corrected chi connectivity index (χ3v) is 5.01. The zero-order valence-corrected chi connectivity index (χ0v) is 16.1. The molecule has 0 unspecified atom stereocenters. The van der Waals surface area contributed by atoms with Crippen LogP contribution in [0.15, 0.2) is 48.5 Å². The summed E-state index contributed by atoms with van der Waals surface area (Å²) in [5.41, 5.74) is 1.32. The number of rotatable bonds is 4. The molecule has 1 aliphatic rings. The van der Waals surface area contributed by atoms with Crippen LogP contribution in [-0.2, 0) is 12.6 Å². The molecule has 0 amide bonds. The molecular weight excluding hydrogens is 379 g/mol. The van der Waals surface area contributed by atoms with Crippen molar-refractivity contribution in [3.8, 4) is 22.7 Å². The molecule has 0 spiro atoms. The van der Waals surface area contributed by atoms with Crippen LogP contribution in [-0.4, -0.2) is 22.9 Å². The fraction of sp³-hybridized carbons (Fsp3) is 0.318. The molecule has 7 heteroatoms. The first kappa shape index (κ1) is 19.4. The maximum atomic E-state index is 13.7. The molecule has 0 saturated heterocycles. The Kier molecular flexibility index (Phi) is 5.22. The minimum atomic E-state index is -4.45. The van der Waals surface area contributed by atoms with E-state index in [4.69, 9.17) is 4.74 Å². The van der Waals surface area contributed by atoms with Gasteiger partial charge < -0.3 is 10.1 Å². The van der Waals surface area contributed by atoms with E-state index in [2.05, 4.69) is 10.4 Å². The van der Waals surface area contributed by atoms with E-state index >= 15 is 0 Å². The third-order valence-electron chi connectivity index (χ3n) is 5.01. The van der Waals surface area contributed by atoms with Gasteiger partial charge in [-0.3, -0.25) is 0 Å². The van der Waals surface area contributed by atoms with Crippen molar-refractivity contribution < 1.29 is 17.9 Å².